The average molecular weight is 313 g/mol. The van der Waals surface area contributed by atoms with Crippen molar-refractivity contribution in [2.45, 2.75) is 70.9 Å². The van der Waals surface area contributed by atoms with E-state index in [9.17, 15) is 0 Å². The summed E-state index contributed by atoms with van der Waals surface area (Å²) in [5.74, 6) is 0. The van der Waals surface area contributed by atoms with Crippen LogP contribution < -0.4 is 0 Å². The first kappa shape index (κ1) is 18.4. The second-order valence-electron chi connectivity index (χ2n) is 6.78. The van der Waals surface area contributed by atoms with Crippen LogP contribution in [0.15, 0.2) is 12.5 Å². The second kappa shape index (κ2) is 8.71. The number of ether oxygens (including phenoxy) is 1. The molecule has 0 bridgehead atoms. The second-order valence-corrected chi connectivity index (χ2v) is 12.3. The molecule has 5 heteroatoms. The summed E-state index contributed by atoms with van der Waals surface area (Å²) in [7, 11) is -1.19. The number of imidazole rings is 1. The summed E-state index contributed by atoms with van der Waals surface area (Å²) < 4.78 is 8.05. The zero-order chi connectivity index (χ0) is 15.9. The van der Waals surface area contributed by atoms with E-state index in [-0.39, 0.29) is 12.8 Å². The summed E-state index contributed by atoms with van der Waals surface area (Å²) in [6, 6.07) is 0. The number of nitrogens with zero attached hydrogens (tertiary/aromatic N) is 2. The molecular formula is C16H32N2O2Si. The van der Waals surface area contributed by atoms with E-state index in [1.807, 2.05) is 19.4 Å². The van der Waals surface area contributed by atoms with Gasteiger partial charge in [0.1, 0.15) is 6.23 Å². The molecule has 0 aliphatic heterocycles. The molecule has 0 fully saturated rings. The Morgan fingerprint density at radius 3 is 2.57 bits per heavy atom. The van der Waals surface area contributed by atoms with Crippen molar-refractivity contribution in [2.24, 2.45) is 0 Å². The van der Waals surface area contributed by atoms with E-state index >= 15 is 0 Å². The third-order valence-electron chi connectivity index (χ3n) is 4.06. The number of hydrogen-bond acceptors (Lipinski definition) is 3. The van der Waals surface area contributed by atoms with E-state index in [1.165, 1.54) is 12.8 Å². The Morgan fingerprint density at radius 1 is 1.33 bits per heavy atom. The molecule has 122 valence electrons. The van der Waals surface area contributed by atoms with Crippen molar-refractivity contribution in [3.05, 3.63) is 18.2 Å². The lowest BCUT2D eigenvalue weighted by Crippen LogP contribution is -2.30. The third kappa shape index (κ3) is 5.92. The van der Waals surface area contributed by atoms with Crippen LogP contribution >= 0.6 is 0 Å². The number of aliphatic hydroxyl groups excluding tert-OH is 1. The van der Waals surface area contributed by atoms with Gasteiger partial charge in [0.25, 0.3) is 0 Å². The topological polar surface area (TPSA) is 47.3 Å². The fourth-order valence-electron chi connectivity index (χ4n) is 2.75. The summed E-state index contributed by atoms with van der Waals surface area (Å²) in [4.78, 5) is 4.36. The monoisotopic (exact) mass is 312 g/mol. The van der Waals surface area contributed by atoms with Crippen LogP contribution in [0.3, 0.4) is 0 Å². The summed E-state index contributed by atoms with van der Waals surface area (Å²) >= 11 is 0. The third-order valence-corrected chi connectivity index (χ3v) is 7.04. The number of rotatable bonds is 10. The summed E-state index contributed by atoms with van der Waals surface area (Å²) in [6.07, 6.45) is 8.11. The van der Waals surface area contributed by atoms with E-state index in [0.717, 1.165) is 17.7 Å². The molecule has 0 saturated heterocycles. The highest BCUT2D eigenvalue weighted by Gasteiger charge is 2.29. The van der Waals surface area contributed by atoms with Gasteiger partial charge in [0.15, 0.2) is 0 Å². The van der Waals surface area contributed by atoms with Gasteiger partial charge < -0.3 is 14.4 Å². The van der Waals surface area contributed by atoms with Gasteiger partial charge in [-0.25, -0.2) is 4.98 Å². The molecule has 0 saturated carbocycles. The molecule has 21 heavy (non-hydrogen) atoms. The van der Waals surface area contributed by atoms with Gasteiger partial charge in [0.05, 0.1) is 12.0 Å². The number of aromatic nitrogens is 2. The van der Waals surface area contributed by atoms with Crippen molar-refractivity contribution in [1.82, 2.24) is 9.55 Å². The Morgan fingerprint density at radius 2 is 2.05 bits per heavy atom. The normalized spacial score (nSPS) is 15.1. The first-order valence-electron chi connectivity index (χ1n) is 8.17. The molecule has 2 atom stereocenters. The first-order chi connectivity index (χ1) is 9.92. The molecular weight excluding hydrogens is 280 g/mol. The molecule has 0 amide bonds. The maximum Gasteiger partial charge on any atom is 0.134 e. The average Bonchev–Trinajstić information content (AvgIpc) is 2.85. The molecule has 0 radical (unpaired) electrons. The molecule has 1 rings (SSSR count). The van der Waals surface area contributed by atoms with Crippen LogP contribution in [0.4, 0.5) is 0 Å². The first-order valence-corrected chi connectivity index (χ1v) is 11.7. The Bertz CT molecular complexity index is 401. The highest BCUT2D eigenvalue weighted by Crippen LogP contribution is 2.35. The highest BCUT2D eigenvalue weighted by molar-refractivity contribution is 6.77. The van der Waals surface area contributed by atoms with E-state index in [0.29, 0.717) is 13.0 Å². The van der Waals surface area contributed by atoms with Crippen molar-refractivity contribution < 1.29 is 9.84 Å². The summed E-state index contributed by atoms with van der Waals surface area (Å²) in [6.45, 7) is 12.5. The van der Waals surface area contributed by atoms with Crippen LogP contribution in [0, 0.1) is 0 Å². The van der Waals surface area contributed by atoms with Crippen LogP contribution in [0.5, 0.6) is 0 Å². The highest BCUT2D eigenvalue weighted by atomic mass is 28.3. The molecule has 2 unspecified atom stereocenters. The van der Waals surface area contributed by atoms with E-state index in [1.54, 1.807) is 0 Å². The molecule has 0 aliphatic carbocycles. The SMILES string of the molecule is CCCC(CC(OCC)n1cnc(CCO)c1)[Si](C)(C)C. The number of hydrogen-bond donors (Lipinski definition) is 1. The minimum absolute atomic E-state index is 0.0678. The van der Waals surface area contributed by atoms with Crippen LogP contribution in [0.2, 0.25) is 25.2 Å². The fraction of sp³-hybridized carbons (Fsp3) is 0.812. The maximum atomic E-state index is 9.02. The Hall–Kier alpha value is -0.653. The lowest BCUT2D eigenvalue weighted by molar-refractivity contribution is 0.00198. The van der Waals surface area contributed by atoms with Crippen molar-refractivity contribution in [3.8, 4) is 0 Å². The van der Waals surface area contributed by atoms with Crippen molar-refractivity contribution in [3.63, 3.8) is 0 Å². The molecule has 1 heterocycles. The molecule has 1 aromatic rings. The van der Waals surface area contributed by atoms with Gasteiger partial charge in [-0.3, -0.25) is 0 Å². The zero-order valence-electron chi connectivity index (χ0n) is 14.3. The van der Waals surface area contributed by atoms with E-state index < -0.39 is 8.07 Å². The van der Waals surface area contributed by atoms with Gasteiger partial charge in [-0.2, -0.15) is 0 Å². The van der Waals surface area contributed by atoms with Gasteiger partial charge in [-0.15, -0.1) is 0 Å². The Balaban J connectivity index is 2.83. The van der Waals surface area contributed by atoms with E-state index in [4.69, 9.17) is 9.84 Å². The van der Waals surface area contributed by atoms with Crippen molar-refractivity contribution >= 4 is 8.07 Å². The lowest BCUT2D eigenvalue weighted by Gasteiger charge is -2.32. The molecule has 4 nitrogen and oxygen atoms in total. The van der Waals surface area contributed by atoms with Gasteiger partial charge >= 0.3 is 0 Å². The predicted octanol–water partition coefficient (Wildman–Crippen LogP) is 3.85. The molecule has 1 N–H and O–H groups in total. The number of aliphatic hydroxyl groups is 1. The van der Waals surface area contributed by atoms with E-state index in [2.05, 4.69) is 36.1 Å². The predicted molar refractivity (Wildman–Crippen MR) is 90.3 cm³/mol. The lowest BCUT2D eigenvalue weighted by atomic mass is 10.1. The van der Waals surface area contributed by atoms with Crippen LogP contribution in [-0.4, -0.2) is 35.9 Å². The molecule has 0 aromatic carbocycles. The van der Waals surface area contributed by atoms with Gasteiger partial charge in [-0.1, -0.05) is 39.4 Å². The van der Waals surface area contributed by atoms with Crippen LogP contribution in [-0.2, 0) is 11.2 Å². The standard InChI is InChI=1S/C16H32N2O2Si/c1-6-8-15(21(3,4)5)11-16(20-7-2)18-12-14(9-10-19)17-13-18/h12-13,15-16,19H,6-11H2,1-5H3. The van der Waals surface area contributed by atoms with Gasteiger partial charge in [0.2, 0.25) is 0 Å². The minimum atomic E-state index is -1.19. The van der Waals surface area contributed by atoms with Crippen molar-refractivity contribution in [1.29, 1.82) is 0 Å². The molecule has 1 aromatic heterocycles. The van der Waals surface area contributed by atoms with Gasteiger partial charge in [-0.05, 0) is 18.9 Å². The Labute approximate surface area is 130 Å². The van der Waals surface area contributed by atoms with Crippen LogP contribution in [0.1, 0.15) is 45.0 Å². The zero-order valence-corrected chi connectivity index (χ0v) is 15.3. The van der Waals surface area contributed by atoms with Gasteiger partial charge in [0, 0.05) is 33.9 Å². The quantitative estimate of drug-likeness (QED) is 0.668. The van der Waals surface area contributed by atoms with Crippen molar-refractivity contribution in [2.75, 3.05) is 13.2 Å². The molecule has 0 spiro atoms. The maximum absolute atomic E-state index is 9.02. The fourth-order valence-corrected chi connectivity index (χ4v) is 4.81. The summed E-state index contributed by atoms with van der Waals surface area (Å²) in [5, 5.41) is 9.02. The largest absolute Gasteiger partial charge is 0.396 e. The summed E-state index contributed by atoms with van der Waals surface area (Å²) in [5.41, 5.74) is 1.69. The van der Waals surface area contributed by atoms with Crippen LogP contribution in [0.25, 0.3) is 0 Å². The smallest absolute Gasteiger partial charge is 0.134 e. The Kier molecular flexibility index (Phi) is 7.63. The minimum Gasteiger partial charge on any atom is -0.396 e. The molecule has 0 aliphatic rings.